The van der Waals surface area contributed by atoms with Crippen molar-refractivity contribution in [2.75, 3.05) is 10.6 Å². The van der Waals surface area contributed by atoms with E-state index in [2.05, 4.69) is 127 Å². The smallest absolute Gasteiger partial charge is 0.270 e. The molecule has 0 aliphatic carbocycles. The Labute approximate surface area is 368 Å². The van der Waals surface area contributed by atoms with Crippen molar-refractivity contribution in [3.8, 4) is 0 Å². The Bertz CT molecular complexity index is 2400. The summed E-state index contributed by atoms with van der Waals surface area (Å²) in [5.74, 6) is -0.457. The van der Waals surface area contributed by atoms with Gasteiger partial charge in [-0.15, -0.1) is 0 Å². The highest BCUT2D eigenvalue weighted by molar-refractivity contribution is 14.1. The Balaban J connectivity index is 0.000000215. The predicted octanol–water partition coefficient (Wildman–Crippen LogP) is 11.7. The molecule has 0 fully saturated rings. The first-order valence-corrected chi connectivity index (χ1v) is 20.8. The van der Waals surface area contributed by atoms with Crippen molar-refractivity contribution in [1.29, 1.82) is 0 Å². The SMILES string of the molecule is Cc1cccc(CNC(=O)c2cc(I)ccc2Nc2ccc(I)cc2C)c1.Cc1cccc(CNC(=O)c2cc([N+](=O)[O-])ccc2Nc2ccc(I)cc2C)c1. The Morgan fingerprint density at radius 3 is 1.38 bits per heavy atom. The van der Waals surface area contributed by atoms with Crippen LogP contribution in [0.5, 0.6) is 0 Å². The second kappa shape index (κ2) is 20.0. The molecule has 4 N–H and O–H groups in total. The molecule has 0 spiro atoms. The van der Waals surface area contributed by atoms with Crippen LogP contribution in [0, 0.1) is 48.5 Å². The minimum absolute atomic E-state index is 0.0827. The van der Waals surface area contributed by atoms with Crippen LogP contribution < -0.4 is 21.3 Å². The van der Waals surface area contributed by atoms with Crippen molar-refractivity contribution in [3.63, 3.8) is 0 Å². The molecule has 286 valence electrons. The highest BCUT2D eigenvalue weighted by atomic mass is 127. The van der Waals surface area contributed by atoms with Crippen molar-refractivity contribution in [2.45, 2.75) is 40.8 Å². The molecule has 56 heavy (non-hydrogen) atoms. The summed E-state index contributed by atoms with van der Waals surface area (Å²) in [4.78, 5) is 36.4. The maximum absolute atomic E-state index is 12.9. The van der Waals surface area contributed by atoms with E-state index >= 15 is 0 Å². The monoisotopic (exact) mass is 1080 g/mol. The second-order valence-electron chi connectivity index (χ2n) is 13.2. The number of nitrogens with zero attached hydrogens (tertiary/aromatic N) is 1. The summed E-state index contributed by atoms with van der Waals surface area (Å²) < 4.78 is 3.32. The topological polar surface area (TPSA) is 125 Å². The fraction of sp³-hybridized carbons (Fsp3) is 0.136. The Kier molecular flexibility index (Phi) is 15.2. The summed E-state index contributed by atoms with van der Waals surface area (Å²) in [6, 6.07) is 38.2. The molecule has 0 saturated carbocycles. The van der Waals surface area contributed by atoms with Gasteiger partial charge in [-0.2, -0.15) is 0 Å². The van der Waals surface area contributed by atoms with Crippen LogP contribution in [0.2, 0.25) is 0 Å². The minimum Gasteiger partial charge on any atom is -0.355 e. The minimum atomic E-state index is -0.503. The number of non-ortho nitro benzene ring substituents is 1. The first-order chi connectivity index (χ1) is 26.7. The van der Waals surface area contributed by atoms with E-state index in [9.17, 15) is 19.7 Å². The third-order valence-electron chi connectivity index (χ3n) is 8.67. The molecule has 0 aliphatic rings. The molecule has 0 unspecified atom stereocenters. The highest BCUT2D eigenvalue weighted by Crippen LogP contribution is 2.29. The van der Waals surface area contributed by atoms with Gasteiger partial charge >= 0.3 is 0 Å². The van der Waals surface area contributed by atoms with Gasteiger partial charge in [0.25, 0.3) is 17.5 Å². The second-order valence-corrected chi connectivity index (χ2v) is 16.9. The van der Waals surface area contributed by atoms with E-state index in [1.807, 2.05) is 92.7 Å². The molecule has 9 nitrogen and oxygen atoms in total. The number of rotatable bonds is 11. The number of nitrogens with one attached hydrogen (secondary N) is 4. The van der Waals surface area contributed by atoms with Gasteiger partial charge in [-0.05, 0) is 178 Å². The predicted molar refractivity (Wildman–Crippen MR) is 251 cm³/mol. The molecule has 0 bridgehead atoms. The molecular formula is C44H40I3N5O4. The number of amides is 2. The number of hydrogen-bond donors (Lipinski definition) is 4. The van der Waals surface area contributed by atoms with E-state index in [0.29, 0.717) is 24.3 Å². The summed E-state index contributed by atoms with van der Waals surface area (Å²) in [6.07, 6.45) is 0. The van der Waals surface area contributed by atoms with E-state index < -0.39 is 4.92 Å². The van der Waals surface area contributed by atoms with Crippen LogP contribution >= 0.6 is 67.8 Å². The zero-order chi connectivity index (χ0) is 40.4. The van der Waals surface area contributed by atoms with E-state index in [1.54, 1.807) is 6.07 Å². The van der Waals surface area contributed by atoms with Crippen molar-refractivity contribution < 1.29 is 14.5 Å². The standard InChI is InChI=1S/C22H20I2N2O.C22H20IN3O3/c1-14-4-3-5-16(10-14)13-25-22(27)19-12-18(24)7-9-21(19)26-20-8-6-17(23)11-15(20)2;1-14-4-3-5-16(10-14)13-24-22(27)19-12-18(26(28)29)7-9-21(19)25-20-8-6-17(23)11-15(20)2/h3-12,26H,13H2,1-2H3,(H,25,27);3-12,25H,13H2,1-2H3,(H,24,27). The van der Waals surface area contributed by atoms with Crippen LogP contribution in [-0.4, -0.2) is 16.7 Å². The van der Waals surface area contributed by atoms with E-state index in [0.717, 1.165) is 52.0 Å². The number of carbonyl (C=O) groups excluding carboxylic acids is 2. The van der Waals surface area contributed by atoms with Crippen LogP contribution in [0.4, 0.5) is 28.4 Å². The quantitative estimate of drug-likeness (QED) is 0.0582. The maximum Gasteiger partial charge on any atom is 0.270 e. The van der Waals surface area contributed by atoms with Crippen LogP contribution in [0.1, 0.15) is 54.1 Å². The summed E-state index contributed by atoms with van der Waals surface area (Å²) in [5.41, 5.74) is 10.4. The van der Waals surface area contributed by atoms with Gasteiger partial charge < -0.3 is 21.3 Å². The van der Waals surface area contributed by atoms with Gasteiger partial charge in [0.2, 0.25) is 0 Å². The fourth-order valence-corrected chi connectivity index (χ4v) is 7.57. The molecule has 12 heteroatoms. The molecule has 0 aromatic heterocycles. The van der Waals surface area contributed by atoms with Crippen LogP contribution in [-0.2, 0) is 13.1 Å². The lowest BCUT2D eigenvalue weighted by atomic mass is 10.1. The number of benzene rings is 6. The molecule has 0 aliphatic heterocycles. The van der Waals surface area contributed by atoms with Gasteiger partial charge in [-0.3, -0.25) is 19.7 Å². The largest absolute Gasteiger partial charge is 0.355 e. The summed E-state index contributed by atoms with van der Waals surface area (Å²) in [5, 5.41) is 23.7. The number of carbonyl (C=O) groups is 2. The van der Waals surface area contributed by atoms with Crippen molar-refractivity contribution in [3.05, 3.63) is 187 Å². The number of anilines is 4. The van der Waals surface area contributed by atoms with E-state index in [4.69, 9.17) is 0 Å². The molecule has 0 radical (unpaired) electrons. The third-order valence-corrected chi connectivity index (χ3v) is 10.7. The molecule has 0 saturated heterocycles. The van der Waals surface area contributed by atoms with Crippen LogP contribution in [0.15, 0.2) is 121 Å². The Hall–Kier alpha value is -4.55. The molecular weight excluding hydrogens is 1040 g/mol. The van der Waals surface area contributed by atoms with Crippen molar-refractivity contribution >= 4 is 108 Å². The first kappa shape index (κ1) is 42.6. The number of nitro benzene ring substituents is 1. The van der Waals surface area contributed by atoms with Gasteiger partial charge in [0, 0.05) is 47.3 Å². The lowest BCUT2D eigenvalue weighted by Gasteiger charge is -2.15. The van der Waals surface area contributed by atoms with Crippen molar-refractivity contribution in [1.82, 2.24) is 10.6 Å². The number of nitro groups is 1. The lowest BCUT2D eigenvalue weighted by Crippen LogP contribution is -2.24. The highest BCUT2D eigenvalue weighted by Gasteiger charge is 2.18. The Morgan fingerprint density at radius 1 is 0.536 bits per heavy atom. The summed E-state index contributed by atoms with van der Waals surface area (Å²) in [7, 11) is 0. The van der Waals surface area contributed by atoms with E-state index in [1.165, 1.54) is 21.3 Å². The van der Waals surface area contributed by atoms with Gasteiger partial charge in [0.05, 0.1) is 27.4 Å². The average molecular weight is 1080 g/mol. The number of hydrogen-bond acceptors (Lipinski definition) is 6. The molecule has 6 rings (SSSR count). The number of halogens is 3. The summed E-state index contributed by atoms with van der Waals surface area (Å²) in [6.45, 7) is 8.91. The van der Waals surface area contributed by atoms with Crippen molar-refractivity contribution in [2.24, 2.45) is 0 Å². The first-order valence-electron chi connectivity index (χ1n) is 17.6. The van der Waals surface area contributed by atoms with Gasteiger partial charge in [-0.25, -0.2) is 0 Å². The zero-order valence-corrected chi connectivity index (χ0v) is 37.6. The maximum atomic E-state index is 12.9. The Morgan fingerprint density at radius 2 is 0.946 bits per heavy atom. The molecule has 0 heterocycles. The molecule has 0 atom stereocenters. The fourth-order valence-electron chi connectivity index (χ4n) is 5.78. The average Bonchev–Trinajstić information content (AvgIpc) is 3.16. The summed E-state index contributed by atoms with van der Waals surface area (Å²) >= 11 is 6.77. The number of aryl methyl sites for hydroxylation is 4. The van der Waals surface area contributed by atoms with E-state index in [-0.39, 0.29) is 23.1 Å². The van der Waals surface area contributed by atoms with Gasteiger partial charge in [0.15, 0.2) is 0 Å². The lowest BCUT2D eigenvalue weighted by molar-refractivity contribution is -0.384. The zero-order valence-electron chi connectivity index (χ0n) is 31.2. The molecule has 2 amide bonds. The third kappa shape index (κ3) is 12.2. The van der Waals surface area contributed by atoms with Crippen LogP contribution in [0.3, 0.4) is 0 Å². The molecule has 6 aromatic rings. The molecule has 6 aromatic carbocycles. The van der Waals surface area contributed by atoms with Gasteiger partial charge in [0.1, 0.15) is 0 Å². The normalized spacial score (nSPS) is 10.5. The van der Waals surface area contributed by atoms with Gasteiger partial charge in [-0.1, -0.05) is 59.7 Å². The van der Waals surface area contributed by atoms with Crippen LogP contribution in [0.25, 0.3) is 0 Å².